The molecular weight excluding hydrogens is 164 g/mol. The highest BCUT2D eigenvalue weighted by Gasteiger charge is 2.00. The maximum absolute atomic E-state index is 3.44. The predicted octanol–water partition coefficient (Wildman–Crippen LogP) is 3.06. The van der Waals surface area contributed by atoms with Gasteiger partial charge in [0.2, 0.25) is 0 Å². The second-order valence-electron chi connectivity index (χ2n) is 2.89. The first-order chi connectivity index (χ1) is 3.66. The Hall–Kier alpha value is 0.480. The highest BCUT2D eigenvalue weighted by molar-refractivity contribution is 9.09. The van der Waals surface area contributed by atoms with Crippen molar-refractivity contribution in [2.45, 2.75) is 27.2 Å². The predicted molar refractivity (Wildman–Crippen MR) is 42.4 cm³/mol. The first-order valence-electron chi connectivity index (χ1n) is 3.22. The number of rotatable bonds is 3. The van der Waals surface area contributed by atoms with Gasteiger partial charge in [-0.15, -0.1) is 0 Å². The Bertz CT molecular complexity index is 50.3. The summed E-state index contributed by atoms with van der Waals surface area (Å²) in [7, 11) is 0. The molecule has 0 amide bonds. The molecule has 0 aromatic heterocycles. The van der Waals surface area contributed by atoms with Gasteiger partial charge in [-0.3, -0.25) is 0 Å². The molecule has 0 aliphatic carbocycles. The normalized spacial score (nSPS) is 14.6. The molecule has 1 heteroatoms. The topological polar surface area (TPSA) is 0 Å². The van der Waals surface area contributed by atoms with E-state index in [9.17, 15) is 0 Å². The summed E-state index contributed by atoms with van der Waals surface area (Å²) < 4.78 is 0. The third-order valence-electron chi connectivity index (χ3n) is 1.14. The summed E-state index contributed by atoms with van der Waals surface area (Å²) in [6, 6.07) is 0. The summed E-state index contributed by atoms with van der Waals surface area (Å²) in [6.45, 7) is 6.80. The molecule has 50 valence electrons. The van der Waals surface area contributed by atoms with Gasteiger partial charge in [-0.2, -0.15) is 0 Å². The van der Waals surface area contributed by atoms with Crippen LogP contribution in [-0.2, 0) is 0 Å². The van der Waals surface area contributed by atoms with Crippen LogP contribution in [0.15, 0.2) is 0 Å². The number of hydrogen-bond donors (Lipinski definition) is 0. The van der Waals surface area contributed by atoms with E-state index >= 15 is 0 Å². The third-order valence-corrected chi connectivity index (χ3v) is 2.24. The SMILES string of the molecule is CC(C)CC(C)CBr. The Morgan fingerprint density at radius 3 is 1.88 bits per heavy atom. The van der Waals surface area contributed by atoms with Crippen LogP contribution in [0.1, 0.15) is 27.2 Å². The minimum absolute atomic E-state index is 0.843. The van der Waals surface area contributed by atoms with E-state index in [0.29, 0.717) is 0 Å². The summed E-state index contributed by atoms with van der Waals surface area (Å²) in [6.07, 6.45) is 1.34. The zero-order valence-corrected chi connectivity index (χ0v) is 7.53. The Morgan fingerprint density at radius 2 is 1.75 bits per heavy atom. The highest BCUT2D eigenvalue weighted by Crippen LogP contribution is 2.12. The molecule has 0 saturated carbocycles. The van der Waals surface area contributed by atoms with Crippen molar-refractivity contribution in [2.24, 2.45) is 11.8 Å². The zero-order chi connectivity index (χ0) is 6.57. The minimum atomic E-state index is 0.843. The fourth-order valence-corrected chi connectivity index (χ4v) is 1.13. The van der Waals surface area contributed by atoms with Gasteiger partial charge in [-0.05, 0) is 18.3 Å². The lowest BCUT2D eigenvalue weighted by Gasteiger charge is -2.08. The van der Waals surface area contributed by atoms with Gasteiger partial charge in [0.05, 0.1) is 0 Å². The molecule has 1 unspecified atom stereocenters. The van der Waals surface area contributed by atoms with E-state index in [1.54, 1.807) is 0 Å². The molecule has 0 rings (SSSR count). The summed E-state index contributed by atoms with van der Waals surface area (Å²) in [4.78, 5) is 0. The number of halogens is 1. The van der Waals surface area contributed by atoms with Crippen LogP contribution in [0.4, 0.5) is 0 Å². The zero-order valence-electron chi connectivity index (χ0n) is 5.95. The fourth-order valence-electron chi connectivity index (χ4n) is 0.868. The van der Waals surface area contributed by atoms with Gasteiger partial charge < -0.3 is 0 Å². The van der Waals surface area contributed by atoms with Crippen LogP contribution >= 0.6 is 15.9 Å². The highest BCUT2D eigenvalue weighted by atomic mass is 79.9. The van der Waals surface area contributed by atoms with Crippen molar-refractivity contribution in [2.75, 3.05) is 5.33 Å². The summed E-state index contributed by atoms with van der Waals surface area (Å²) in [5, 5.41) is 1.14. The molecule has 0 spiro atoms. The van der Waals surface area contributed by atoms with Crippen molar-refractivity contribution in [3.8, 4) is 0 Å². The monoisotopic (exact) mass is 178 g/mol. The molecule has 0 heterocycles. The van der Waals surface area contributed by atoms with E-state index in [1.165, 1.54) is 6.42 Å². The van der Waals surface area contributed by atoms with Crippen LogP contribution < -0.4 is 0 Å². The molecule has 0 aliphatic rings. The van der Waals surface area contributed by atoms with Crippen LogP contribution in [0.2, 0.25) is 0 Å². The molecule has 0 bridgehead atoms. The second kappa shape index (κ2) is 4.37. The standard InChI is InChI=1S/C7H15Br/c1-6(2)4-7(3)5-8/h6-7H,4-5H2,1-3H3. The van der Waals surface area contributed by atoms with Crippen molar-refractivity contribution in [3.63, 3.8) is 0 Å². The molecule has 0 aliphatic heterocycles. The first-order valence-corrected chi connectivity index (χ1v) is 4.35. The van der Waals surface area contributed by atoms with Crippen molar-refractivity contribution in [3.05, 3.63) is 0 Å². The Morgan fingerprint density at radius 1 is 1.25 bits per heavy atom. The largest absolute Gasteiger partial charge is 0.0925 e. The van der Waals surface area contributed by atoms with E-state index < -0.39 is 0 Å². The van der Waals surface area contributed by atoms with Gasteiger partial charge in [-0.25, -0.2) is 0 Å². The van der Waals surface area contributed by atoms with E-state index in [1.807, 2.05) is 0 Å². The molecule has 0 fully saturated rings. The average molecular weight is 179 g/mol. The maximum atomic E-state index is 3.44. The van der Waals surface area contributed by atoms with Gasteiger partial charge in [0.15, 0.2) is 0 Å². The molecule has 0 aromatic rings. The lowest BCUT2D eigenvalue weighted by molar-refractivity contribution is 0.476. The van der Waals surface area contributed by atoms with Crippen LogP contribution in [0.3, 0.4) is 0 Å². The van der Waals surface area contributed by atoms with E-state index in [-0.39, 0.29) is 0 Å². The summed E-state index contributed by atoms with van der Waals surface area (Å²) >= 11 is 3.44. The molecular formula is C7H15Br. The molecule has 8 heavy (non-hydrogen) atoms. The Kier molecular flexibility index (Phi) is 4.63. The summed E-state index contributed by atoms with van der Waals surface area (Å²) in [5.41, 5.74) is 0. The van der Waals surface area contributed by atoms with Crippen molar-refractivity contribution in [1.82, 2.24) is 0 Å². The lowest BCUT2D eigenvalue weighted by atomic mass is 10.0. The molecule has 0 saturated heterocycles. The molecule has 0 nitrogen and oxygen atoms in total. The van der Waals surface area contributed by atoms with Crippen molar-refractivity contribution < 1.29 is 0 Å². The number of alkyl halides is 1. The average Bonchev–Trinajstić information content (AvgIpc) is 1.65. The molecule has 0 N–H and O–H groups in total. The minimum Gasteiger partial charge on any atom is -0.0925 e. The molecule has 1 atom stereocenters. The first kappa shape index (κ1) is 8.48. The van der Waals surface area contributed by atoms with Gasteiger partial charge in [0.1, 0.15) is 0 Å². The van der Waals surface area contributed by atoms with Crippen LogP contribution in [0.25, 0.3) is 0 Å². The van der Waals surface area contributed by atoms with Crippen LogP contribution in [0, 0.1) is 11.8 Å². The van der Waals surface area contributed by atoms with Gasteiger partial charge >= 0.3 is 0 Å². The van der Waals surface area contributed by atoms with Crippen LogP contribution in [-0.4, -0.2) is 5.33 Å². The number of hydrogen-bond acceptors (Lipinski definition) is 0. The van der Waals surface area contributed by atoms with Crippen molar-refractivity contribution >= 4 is 15.9 Å². The van der Waals surface area contributed by atoms with E-state index in [0.717, 1.165) is 17.2 Å². The fraction of sp³-hybridized carbons (Fsp3) is 1.00. The Labute approximate surface area is 60.8 Å². The smallest absolute Gasteiger partial charge is 0.00571 e. The van der Waals surface area contributed by atoms with Gasteiger partial charge in [0, 0.05) is 5.33 Å². The van der Waals surface area contributed by atoms with E-state index in [2.05, 4.69) is 36.7 Å². The molecule has 0 aromatic carbocycles. The third kappa shape index (κ3) is 4.63. The Balaban J connectivity index is 3.10. The molecule has 0 radical (unpaired) electrons. The van der Waals surface area contributed by atoms with Crippen LogP contribution in [0.5, 0.6) is 0 Å². The summed E-state index contributed by atoms with van der Waals surface area (Å²) in [5.74, 6) is 1.69. The van der Waals surface area contributed by atoms with Gasteiger partial charge in [0.25, 0.3) is 0 Å². The quantitative estimate of drug-likeness (QED) is 0.584. The van der Waals surface area contributed by atoms with Crippen molar-refractivity contribution in [1.29, 1.82) is 0 Å². The van der Waals surface area contributed by atoms with Gasteiger partial charge in [-0.1, -0.05) is 36.7 Å². The maximum Gasteiger partial charge on any atom is 0.00571 e. The van der Waals surface area contributed by atoms with E-state index in [4.69, 9.17) is 0 Å². The second-order valence-corrected chi connectivity index (χ2v) is 3.54. The lowest BCUT2D eigenvalue weighted by Crippen LogP contribution is -1.99.